The zero-order chi connectivity index (χ0) is 19.4. The quantitative estimate of drug-likeness (QED) is 0.700. The number of piperazine rings is 1. The molecule has 1 fully saturated rings. The molecule has 11 heteroatoms. The Morgan fingerprint density at radius 3 is 2.15 bits per heavy atom. The third-order valence-corrected chi connectivity index (χ3v) is 6.20. The average Bonchev–Trinajstić information content (AvgIpc) is 2.61. The molecular formula is C15H24F3N5O2S. The summed E-state index contributed by atoms with van der Waals surface area (Å²) in [5, 5.41) is 8.39. The van der Waals surface area contributed by atoms with Gasteiger partial charge >= 0.3 is 6.18 Å². The van der Waals surface area contributed by atoms with E-state index in [1.54, 1.807) is 0 Å². The van der Waals surface area contributed by atoms with E-state index in [4.69, 9.17) is 0 Å². The molecular weight excluding hydrogens is 371 g/mol. The van der Waals surface area contributed by atoms with Gasteiger partial charge in [-0.25, -0.2) is 8.42 Å². The Bertz CT molecular complexity index is 670. The number of anilines is 2. The summed E-state index contributed by atoms with van der Waals surface area (Å²) in [6, 6.07) is 3.69. The summed E-state index contributed by atoms with van der Waals surface area (Å²) in [7, 11) is -3.90. The molecule has 1 aliphatic heterocycles. The van der Waals surface area contributed by atoms with Crippen LogP contribution in [0.25, 0.3) is 0 Å². The minimum atomic E-state index is -4.48. The lowest BCUT2D eigenvalue weighted by molar-refractivity contribution is -0.130. The molecule has 0 saturated carbocycles. The molecule has 0 amide bonds. The zero-order valence-electron chi connectivity index (χ0n) is 14.9. The molecule has 0 unspecified atom stereocenters. The molecule has 2 heterocycles. The monoisotopic (exact) mass is 395 g/mol. The second-order valence-corrected chi connectivity index (χ2v) is 8.08. The van der Waals surface area contributed by atoms with Gasteiger partial charge in [-0.3, -0.25) is 0 Å². The van der Waals surface area contributed by atoms with Crippen molar-refractivity contribution in [1.82, 2.24) is 14.5 Å². The van der Waals surface area contributed by atoms with Crippen LogP contribution in [-0.2, 0) is 10.0 Å². The molecule has 1 aliphatic rings. The summed E-state index contributed by atoms with van der Waals surface area (Å²) >= 11 is 0. The minimum Gasteiger partial charge on any atom is -0.356 e. The van der Waals surface area contributed by atoms with E-state index in [2.05, 4.69) is 15.1 Å². The van der Waals surface area contributed by atoms with Crippen molar-refractivity contribution in [1.29, 1.82) is 0 Å². The molecule has 1 aromatic rings. The van der Waals surface area contributed by atoms with Gasteiger partial charge in [-0.1, -0.05) is 0 Å². The lowest BCUT2D eigenvalue weighted by Crippen LogP contribution is -2.49. The Hall–Kier alpha value is -1.62. The summed E-state index contributed by atoms with van der Waals surface area (Å²) in [6.45, 7) is 6.70. The number of sulfonamides is 1. The van der Waals surface area contributed by atoms with E-state index in [0.717, 1.165) is 23.2 Å². The summed E-state index contributed by atoms with van der Waals surface area (Å²) < 4.78 is 62.0. The van der Waals surface area contributed by atoms with Crippen molar-refractivity contribution in [2.75, 3.05) is 54.8 Å². The van der Waals surface area contributed by atoms with Gasteiger partial charge in [0.05, 0.1) is 12.2 Å². The maximum absolute atomic E-state index is 12.3. The fraction of sp³-hybridized carbons (Fsp3) is 0.733. The first kappa shape index (κ1) is 20.7. The summed E-state index contributed by atoms with van der Waals surface area (Å²) in [6.07, 6.45) is -5.80. The van der Waals surface area contributed by atoms with Crippen molar-refractivity contribution >= 4 is 21.7 Å². The fourth-order valence-corrected chi connectivity index (χ4v) is 4.24. The van der Waals surface area contributed by atoms with Gasteiger partial charge in [0.25, 0.3) is 0 Å². The van der Waals surface area contributed by atoms with Crippen LogP contribution in [0.1, 0.15) is 20.3 Å². The molecule has 26 heavy (non-hydrogen) atoms. The Balaban J connectivity index is 1.93. The first-order valence-corrected chi connectivity index (χ1v) is 10.2. The van der Waals surface area contributed by atoms with E-state index in [1.807, 2.05) is 30.9 Å². The molecule has 0 spiro atoms. The van der Waals surface area contributed by atoms with Gasteiger partial charge in [0.1, 0.15) is 0 Å². The molecule has 0 bridgehead atoms. The van der Waals surface area contributed by atoms with E-state index in [9.17, 15) is 21.6 Å². The van der Waals surface area contributed by atoms with Gasteiger partial charge < -0.3 is 9.80 Å². The van der Waals surface area contributed by atoms with Crippen LogP contribution in [0.15, 0.2) is 12.1 Å². The molecule has 148 valence electrons. The molecule has 0 aliphatic carbocycles. The number of halogens is 3. The molecule has 0 atom stereocenters. The predicted molar refractivity (Wildman–Crippen MR) is 93.8 cm³/mol. The van der Waals surface area contributed by atoms with Crippen molar-refractivity contribution in [2.24, 2.45) is 0 Å². The smallest absolute Gasteiger partial charge is 0.356 e. The number of alkyl halides is 3. The van der Waals surface area contributed by atoms with Crippen LogP contribution < -0.4 is 9.80 Å². The fourth-order valence-electron chi connectivity index (χ4n) is 2.77. The van der Waals surface area contributed by atoms with Crippen LogP contribution in [0.5, 0.6) is 0 Å². The topological polar surface area (TPSA) is 69.6 Å². The highest BCUT2D eigenvalue weighted by Gasteiger charge is 2.33. The Labute approximate surface area is 151 Å². The molecule has 2 rings (SSSR count). The second-order valence-electron chi connectivity index (χ2n) is 5.99. The van der Waals surface area contributed by atoms with Crippen molar-refractivity contribution in [3.63, 3.8) is 0 Å². The second kappa shape index (κ2) is 8.38. The van der Waals surface area contributed by atoms with Crippen LogP contribution in [0, 0.1) is 0 Å². The SMILES string of the molecule is CCN(CC)c1ccc(N2CCN(S(=O)(=O)CCC(F)(F)F)CC2)nn1. The first-order chi connectivity index (χ1) is 12.2. The summed E-state index contributed by atoms with van der Waals surface area (Å²) in [5.41, 5.74) is 0. The van der Waals surface area contributed by atoms with Gasteiger partial charge in [0, 0.05) is 39.3 Å². The largest absolute Gasteiger partial charge is 0.390 e. The normalized spacial score (nSPS) is 16.7. The van der Waals surface area contributed by atoms with Gasteiger partial charge in [-0.2, -0.15) is 17.5 Å². The van der Waals surface area contributed by atoms with Crippen LogP contribution in [-0.4, -0.2) is 74.1 Å². The van der Waals surface area contributed by atoms with Gasteiger partial charge in [0.2, 0.25) is 10.0 Å². The van der Waals surface area contributed by atoms with E-state index < -0.39 is 28.4 Å². The van der Waals surface area contributed by atoms with Crippen LogP contribution >= 0.6 is 0 Å². The third-order valence-electron chi connectivity index (χ3n) is 4.32. The van der Waals surface area contributed by atoms with Crippen molar-refractivity contribution in [3.8, 4) is 0 Å². The highest BCUT2D eigenvalue weighted by atomic mass is 32.2. The van der Waals surface area contributed by atoms with E-state index in [0.29, 0.717) is 18.9 Å². The molecule has 0 radical (unpaired) electrons. The van der Waals surface area contributed by atoms with Crippen molar-refractivity contribution < 1.29 is 21.6 Å². The Morgan fingerprint density at radius 2 is 1.69 bits per heavy atom. The Kier molecular flexibility index (Phi) is 6.67. The molecule has 1 aromatic heterocycles. The lowest BCUT2D eigenvalue weighted by atomic mass is 10.3. The number of hydrogen-bond donors (Lipinski definition) is 0. The third kappa shape index (κ3) is 5.44. The number of hydrogen-bond acceptors (Lipinski definition) is 6. The van der Waals surface area contributed by atoms with Crippen molar-refractivity contribution in [3.05, 3.63) is 12.1 Å². The van der Waals surface area contributed by atoms with E-state index >= 15 is 0 Å². The Morgan fingerprint density at radius 1 is 1.08 bits per heavy atom. The van der Waals surface area contributed by atoms with Crippen LogP contribution in [0.4, 0.5) is 24.8 Å². The van der Waals surface area contributed by atoms with Crippen LogP contribution in [0.2, 0.25) is 0 Å². The highest BCUT2D eigenvalue weighted by molar-refractivity contribution is 7.89. The van der Waals surface area contributed by atoms with E-state index in [1.165, 1.54) is 0 Å². The van der Waals surface area contributed by atoms with Crippen molar-refractivity contribution in [2.45, 2.75) is 26.4 Å². The first-order valence-electron chi connectivity index (χ1n) is 8.54. The van der Waals surface area contributed by atoms with Gasteiger partial charge in [-0.05, 0) is 26.0 Å². The zero-order valence-corrected chi connectivity index (χ0v) is 15.7. The van der Waals surface area contributed by atoms with Gasteiger partial charge in [-0.15, -0.1) is 10.2 Å². The molecule has 7 nitrogen and oxygen atoms in total. The maximum atomic E-state index is 12.3. The minimum absolute atomic E-state index is 0.139. The van der Waals surface area contributed by atoms with Gasteiger partial charge in [0.15, 0.2) is 11.6 Å². The molecule has 1 saturated heterocycles. The molecule has 0 aromatic carbocycles. The van der Waals surface area contributed by atoms with Crippen LogP contribution in [0.3, 0.4) is 0 Å². The average molecular weight is 395 g/mol. The predicted octanol–water partition coefficient (Wildman–Crippen LogP) is 1.73. The highest BCUT2D eigenvalue weighted by Crippen LogP contribution is 2.22. The summed E-state index contributed by atoms with van der Waals surface area (Å²) in [5.74, 6) is 0.495. The summed E-state index contributed by atoms with van der Waals surface area (Å²) in [4.78, 5) is 3.94. The molecule has 0 N–H and O–H groups in total. The number of aromatic nitrogens is 2. The lowest BCUT2D eigenvalue weighted by Gasteiger charge is -2.34. The standard InChI is InChI=1S/C15H24F3N5O2S/c1-3-21(4-2)13-5-6-14(20-19-13)22-8-10-23(11-9-22)26(24,25)12-7-15(16,17)18/h5-6H,3-4,7-12H2,1-2H3. The van der Waals surface area contributed by atoms with E-state index in [-0.39, 0.29) is 13.1 Å². The number of rotatable bonds is 7. The number of nitrogens with zero attached hydrogens (tertiary/aromatic N) is 5. The maximum Gasteiger partial charge on any atom is 0.390 e.